The van der Waals surface area contributed by atoms with Crippen LogP contribution in [-0.2, 0) is 6.42 Å². The Morgan fingerprint density at radius 3 is 2.71 bits per heavy atom. The normalized spacial score (nSPS) is 17.5. The van der Waals surface area contributed by atoms with E-state index >= 15 is 0 Å². The van der Waals surface area contributed by atoms with Crippen LogP contribution in [0.3, 0.4) is 0 Å². The Labute approximate surface area is 88.7 Å². The van der Waals surface area contributed by atoms with Crippen LogP contribution in [0.15, 0.2) is 6.07 Å². The van der Waals surface area contributed by atoms with Crippen molar-refractivity contribution < 1.29 is 0 Å². The molecule has 2 rings (SSSR count). The summed E-state index contributed by atoms with van der Waals surface area (Å²) in [6, 6.07) is 1.82. The van der Waals surface area contributed by atoms with Gasteiger partial charge in [-0.15, -0.1) is 0 Å². The second kappa shape index (κ2) is 4.13. The minimum absolute atomic E-state index is 0.283. The van der Waals surface area contributed by atoms with Gasteiger partial charge in [0.2, 0.25) is 5.95 Å². The van der Waals surface area contributed by atoms with E-state index in [-0.39, 0.29) is 5.95 Å². The molecule has 0 radical (unpaired) electrons. The lowest BCUT2D eigenvalue weighted by Gasteiger charge is -2.08. The first-order valence-corrected chi connectivity index (χ1v) is 5.41. The van der Waals surface area contributed by atoms with E-state index in [9.17, 15) is 0 Å². The molecule has 0 saturated heterocycles. The van der Waals surface area contributed by atoms with Crippen molar-refractivity contribution in [3.8, 4) is 0 Å². The topological polar surface area (TPSA) is 51.8 Å². The zero-order valence-electron chi connectivity index (χ0n) is 8.04. The summed E-state index contributed by atoms with van der Waals surface area (Å²) in [6.07, 6.45) is 6.30. The third-order valence-electron chi connectivity index (χ3n) is 2.74. The molecule has 0 amide bonds. The summed E-state index contributed by atoms with van der Waals surface area (Å²) in [5, 5.41) is 0.450. The Morgan fingerprint density at radius 1 is 1.36 bits per heavy atom. The van der Waals surface area contributed by atoms with Crippen molar-refractivity contribution in [3.63, 3.8) is 0 Å². The maximum Gasteiger partial charge on any atom is 0.221 e. The zero-order chi connectivity index (χ0) is 9.97. The highest BCUT2D eigenvalue weighted by molar-refractivity contribution is 6.29. The first kappa shape index (κ1) is 9.71. The van der Waals surface area contributed by atoms with E-state index in [1.165, 1.54) is 25.7 Å². The molecule has 0 spiro atoms. The van der Waals surface area contributed by atoms with Gasteiger partial charge in [-0.3, -0.25) is 0 Å². The highest BCUT2D eigenvalue weighted by Crippen LogP contribution is 2.27. The summed E-state index contributed by atoms with van der Waals surface area (Å²) >= 11 is 5.80. The van der Waals surface area contributed by atoms with Gasteiger partial charge in [-0.2, -0.15) is 0 Å². The molecule has 1 aromatic rings. The fraction of sp³-hybridized carbons (Fsp3) is 0.600. The monoisotopic (exact) mass is 211 g/mol. The summed E-state index contributed by atoms with van der Waals surface area (Å²) in [7, 11) is 0. The van der Waals surface area contributed by atoms with Gasteiger partial charge in [0.05, 0.1) is 0 Å². The van der Waals surface area contributed by atoms with Crippen LogP contribution in [0.25, 0.3) is 0 Å². The number of nitrogens with two attached hydrogens (primary N) is 1. The van der Waals surface area contributed by atoms with Crippen molar-refractivity contribution in [1.82, 2.24) is 9.97 Å². The Bertz CT molecular complexity index is 301. The molecule has 0 unspecified atom stereocenters. The van der Waals surface area contributed by atoms with Gasteiger partial charge >= 0.3 is 0 Å². The molecule has 0 aliphatic heterocycles. The summed E-state index contributed by atoms with van der Waals surface area (Å²) in [5.41, 5.74) is 6.51. The van der Waals surface area contributed by atoms with Gasteiger partial charge in [-0.05, 0) is 18.4 Å². The minimum Gasteiger partial charge on any atom is -0.368 e. The van der Waals surface area contributed by atoms with Crippen LogP contribution in [0, 0.1) is 5.92 Å². The molecule has 1 aromatic heterocycles. The molecule has 1 saturated carbocycles. The lowest BCUT2D eigenvalue weighted by atomic mass is 10.0. The molecule has 1 aliphatic carbocycles. The molecule has 0 aromatic carbocycles. The average Bonchev–Trinajstić information content (AvgIpc) is 2.54. The SMILES string of the molecule is Nc1nc(Cl)cc(CC2CCCC2)n1. The first-order valence-electron chi connectivity index (χ1n) is 5.03. The number of anilines is 1. The fourth-order valence-electron chi connectivity index (χ4n) is 2.10. The standard InChI is InChI=1S/C10H14ClN3/c11-9-6-8(13-10(12)14-9)5-7-3-1-2-4-7/h6-7H,1-5H2,(H2,12,13,14). The van der Waals surface area contributed by atoms with Crippen molar-refractivity contribution in [2.24, 2.45) is 5.92 Å². The van der Waals surface area contributed by atoms with Crippen LogP contribution in [0.5, 0.6) is 0 Å². The molecule has 76 valence electrons. The van der Waals surface area contributed by atoms with Crippen molar-refractivity contribution in [1.29, 1.82) is 0 Å². The molecule has 3 nitrogen and oxygen atoms in total. The summed E-state index contributed by atoms with van der Waals surface area (Å²) in [5.74, 6) is 1.05. The molecule has 1 aliphatic rings. The summed E-state index contributed by atoms with van der Waals surface area (Å²) < 4.78 is 0. The number of nitrogen functional groups attached to an aromatic ring is 1. The molecule has 14 heavy (non-hydrogen) atoms. The number of hydrogen-bond donors (Lipinski definition) is 1. The molecular formula is C10H14ClN3. The predicted octanol–water partition coefficient (Wildman–Crippen LogP) is 2.44. The Kier molecular flexibility index (Phi) is 2.87. The van der Waals surface area contributed by atoms with Gasteiger partial charge in [0.1, 0.15) is 5.15 Å². The number of halogens is 1. The van der Waals surface area contributed by atoms with Gasteiger partial charge < -0.3 is 5.73 Å². The van der Waals surface area contributed by atoms with Crippen molar-refractivity contribution in [2.45, 2.75) is 32.1 Å². The maximum atomic E-state index is 5.80. The predicted molar refractivity (Wildman–Crippen MR) is 57.1 cm³/mol. The second-order valence-electron chi connectivity index (χ2n) is 3.89. The minimum atomic E-state index is 0.283. The zero-order valence-corrected chi connectivity index (χ0v) is 8.80. The van der Waals surface area contributed by atoms with Gasteiger partial charge in [-0.25, -0.2) is 9.97 Å². The van der Waals surface area contributed by atoms with E-state index in [2.05, 4.69) is 9.97 Å². The van der Waals surface area contributed by atoms with Crippen molar-refractivity contribution in [2.75, 3.05) is 5.73 Å². The lowest BCUT2D eigenvalue weighted by molar-refractivity contribution is 0.539. The Balaban J connectivity index is 2.07. The summed E-state index contributed by atoms with van der Waals surface area (Å²) in [6.45, 7) is 0. The van der Waals surface area contributed by atoms with Gasteiger partial charge in [0.15, 0.2) is 0 Å². The van der Waals surface area contributed by atoms with Gasteiger partial charge in [0.25, 0.3) is 0 Å². The smallest absolute Gasteiger partial charge is 0.221 e. The van der Waals surface area contributed by atoms with E-state index in [0.717, 1.165) is 18.0 Å². The molecular weight excluding hydrogens is 198 g/mol. The van der Waals surface area contributed by atoms with Crippen molar-refractivity contribution in [3.05, 3.63) is 16.9 Å². The van der Waals surface area contributed by atoms with Crippen LogP contribution in [0.4, 0.5) is 5.95 Å². The van der Waals surface area contributed by atoms with Crippen LogP contribution in [0.1, 0.15) is 31.4 Å². The average molecular weight is 212 g/mol. The van der Waals surface area contributed by atoms with Crippen LogP contribution in [-0.4, -0.2) is 9.97 Å². The second-order valence-corrected chi connectivity index (χ2v) is 4.28. The van der Waals surface area contributed by atoms with E-state index in [1.807, 2.05) is 6.07 Å². The molecule has 1 fully saturated rings. The number of nitrogens with zero attached hydrogens (tertiary/aromatic N) is 2. The molecule has 2 N–H and O–H groups in total. The van der Waals surface area contributed by atoms with Gasteiger partial charge in [0, 0.05) is 5.69 Å². The molecule has 1 heterocycles. The Morgan fingerprint density at radius 2 is 2.07 bits per heavy atom. The first-order chi connectivity index (χ1) is 6.74. The third kappa shape index (κ3) is 2.35. The number of hydrogen-bond acceptors (Lipinski definition) is 3. The van der Waals surface area contributed by atoms with Gasteiger partial charge in [-0.1, -0.05) is 37.3 Å². The summed E-state index contributed by atoms with van der Waals surface area (Å²) in [4.78, 5) is 8.02. The lowest BCUT2D eigenvalue weighted by Crippen LogP contribution is -2.04. The third-order valence-corrected chi connectivity index (χ3v) is 2.93. The maximum absolute atomic E-state index is 5.80. The number of rotatable bonds is 2. The van der Waals surface area contributed by atoms with Crippen LogP contribution in [0.2, 0.25) is 5.15 Å². The number of aromatic nitrogens is 2. The fourth-order valence-corrected chi connectivity index (χ4v) is 2.31. The molecule has 0 bridgehead atoms. The quantitative estimate of drug-likeness (QED) is 0.765. The van der Waals surface area contributed by atoms with Crippen LogP contribution < -0.4 is 5.73 Å². The highest BCUT2D eigenvalue weighted by Gasteiger charge is 2.16. The van der Waals surface area contributed by atoms with Crippen LogP contribution >= 0.6 is 11.6 Å². The largest absolute Gasteiger partial charge is 0.368 e. The van der Waals surface area contributed by atoms with E-state index in [0.29, 0.717) is 5.15 Å². The van der Waals surface area contributed by atoms with E-state index in [1.54, 1.807) is 0 Å². The van der Waals surface area contributed by atoms with E-state index in [4.69, 9.17) is 17.3 Å². The highest BCUT2D eigenvalue weighted by atomic mass is 35.5. The Hall–Kier alpha value is -0.830. The van der Waals surface area contributed by atoms with Crippen molar-refractivity contribution >= 4 is 17.5 Å². The van der Waals surface area contributed by atoms with E-state index < -0.39 is 0 Å². The molecule has 0 atom stereocenters. The molecule has 4 heteroatoms.